The molecule has 0 atom stereocenters. The summed E-state index contributed by atoms with van der Waals surface area (Å²) in [5, 5.41) is 9.69. The lowest BCUT2D eigenvalue weighted by molar-refractivity contribution is 0.473. The Morgan fingerprint density at radius 3 is 2.28 bits per heavy atom. The zero-order valence-corrected chi connectivity index (χ0v) is 12.4. The van der Waals surface area contributed by atoms with Crippen molar-refractivity contribution >= 4 is 10.0 Å². The third-order valence-corrected chi connectivity index (χ3v) is 3.99. The van der Waals surface area contributed by atoms with Crippen molar-refractivity contribution in [3.05, 3.63) is 11.4 Å². The lowest BCUT2D eigenvalue weighted by Gasteiger charge is -2.08. The van der Waals surface area contributed by atoms with Crippen molar-refractivity contribution in [3.8, 4) is 0 Å². The summed E-state index contributed by atoms with van der Waals surface area (Å²) < 4.78 is 25.1. The van der Waals surface area contributed by atoms with Crippen LogP contribution in [0.1, 0.15) is 45.5 Å². The molecule has 0 unspecified atom stereocenters. The minimum absolute atomic E-state index is 0.233. The van der Waals surface area contributed by atoms with Crippen LogP contribution < -0.4 is 5.14 Å². The molecule has 0 spiro atoms. The summed E-state index contributed by atoms with van der Waals surface area (Å²) in [4.78, 5) is 0.233. The topological polar surface area (TPSA) is 78.0 Å². The molecule has 1 aromatic heterocycles. The first-order chi connectivity index (χ1) is 8.31. The highest BCUT2D eigenvalue weighted by molar-refractivity contribution is 7.89. The second kappa shape index (κ2) is 5.84. The second-order valence-corrected chi connectivity index (χ2v) is 6.38. The molecule has 0 bridgehead atoms. The summed E-state index contributed by atoms with van der Waals surface area (Å²) in [5.41, 5.74) is 1.31. The van der Waals surface area contributed by atoms with E-state index in [0.717, 1.165) is 18.7 Å². The van der Waals surface area contributed by atoms with Gasteiger partial charge in [-0.1, -0.05) is 27.7 Å². The first-order valence-electron chi connectivity index (χ1n) is 6.42. The molecule has 0 aromatic carbocycles. The average Bonchev–Trinajstić information content (AvgIpc) is 2.63. The van der Waals surface area contributed by atoms with Crippen LogP contribution in [0.4, 0.5) is 0 Å². The molecule has 18 heavy (non-hydrogen) atoms. The maximum Gasteiger partial charge on any atom is 0.241 e. The van der Waals surface area contributed by atoms with Gasteiger partial charge in [0.15, 0.2) is 0 Å². The van der Waals surface area contributed by atoms with E-state index in [0.29, 0.717) is 24.5 Å². The van der Waals surface area contributed by atoms with Crippen LogP contribution in [-0.4, -0.2) is 18.2 Å². The third-order valence-electron chi connectivity index (χ3n) is 2.95. The highest BCUT2D eigenvalue weighted by Crippen LogP contribution is 2.21. The Morgan fingerprint density at radius 2 is 1.89 bits per heavy atom. The van der Waals surface area contributed by atoms with Crippen LogP contribution in [0.15, 0.2) is 4.90 Å². The Labute approximate surface area is 109 Å². The summed E-state index contributed by atoms with van der Waals surface area (Å²) in [7, 11) is -3.69. The van der Waals surface area contributed by atoms with Gasteiger partial charge in [-0.05, 0) is 25.2 Å². The first kappa shape index (κ1) is 15.2. The van der Waals surface area contributed by atoms with Crippen LogP contribution in [0.5, 0.6) is 0 Å². The summed E-state index contributed by atoms with van der Waals surface area (Å²) >= 11 is 0. The lowest BCUT2D eigenvalue weighted by Crippen LogP contribution is -2.16. The smallest absolute Gasteiger partial charge is 0.241 e. The fourth-order valence-electron chi connectivity index (χ4n) is 2.00. The molecule has 1 aromatic rings. The van der Waals surface area contributed by atoms with E-state index in [1.54, 1.807) is 4.68 Å². The molecular weight excluding hydrogens is 250 g/mol. The van der Waals surface area contributed by atoms with E-state index in [1.165, 1.54) is 0 Å². The van der Waals surface area contributed by atoms with Gasteiger partial charge in [0.05, 0.1) is 11.4 Å². The van der Waals surface area contributed by atoms with Crippen LogP contribution >= 0.6 is 0 Å². The number of aromatic nitrogens is 2. The van der Waals surface area contributed by atoms with E-state index < -0.39 is 10.0 Å². The number of hydrogen-bond acceptors (Lipinski definition) is 3. The molecule has 2 N–H and O–H groups in total. The van der Waals surface area contributed by atoms with E-state index in [9.17, 15) is 8.42 Å². The van der Waals surface area contributed by atoms with Crippen molar-refractivity contribution in [2.45, 2.75) is 58.4 Å². The Balaban J connectivity index is 3.25. The fraction of sp³-hybridized carbons (Fsp3) is 0.750. The van der Waals surface area contributed by atoms with E-state index in [1.807, 2.05) is 13.8 Å². The van der Waals surface area contributed by atoms with E-state index in [2.05, 4.69) is 18.9 Å². The van der Waals surface area contributed by atoms with Crippen LogP contribution in [0, 0.1) is 5.92 Å². The predicted octanol–water partition coefficient (Wildman–Crippen LogP) is 1.70. The molecule has 0 saturated heterocycles. The lowest BCUT2D eigenvalue weighted by atomic mass is 10.1. The van der Waals surface area contributed by atoms with Gasteiger partial charge in [-0.3, -0.25) is 4.68 Å². The van der Waals surface area contributed by atoms with Gasteiger partial charge in [0.25, 0.3) is 0 Å². The largest absolute Gasteiger partial charge is 0.268 e. The standard InChI is InChI=1S/C12H23N3O2S/c1-5-10-12(18(13,16)17)11(6-2)15(14-10)8-7-9(3)4/h9H,5-8H2,1-4H3,(H2,13,16,17). The average molecular weight is 273 g/mol. The van der Waals surface area contributed by atoms with Crippen molar-refractivity contribution < 1.29 is 8.42 Å². The number of primary sulfonamides is 1. The van der Waals surface area contributed by atoms with Gasteiger partial charge < -0.3 is 0 Å². The number of nitrogens with zero attached hydrogens (tertiary/aromatic N) is 2. The van der Waals surface area contributed by atoms with Gasteiger partial charge in [-0.15, -0.1) is 0 Å². The zero-order chi connectivity index (χ0) is 13.9. The van der Waals surface area contributed by atoms with Gasteiger partial charge in [0.1, 0.15) is 4.90 Å². The molecule has 6 heteroatoms. The number of sulfonamides is 1. The molecule has 0 aliphatic heterocycles. The van der Waals surface area contributed by atoms with Gasteiger partial charge in [-0.2, -0.15) is 5.10 Å². The van der Waals surface area contributed by atoms with Gasteiger partial charge in [0, 0.05) is 6.54 Å². The number of aryl methyl sites for hydroxylation is 2. The normalized spacial score (nSPS) is 12.3. The van der Waals surface area contributed by atoms with Crippen LogP contribution in [0.2, 0.25) is 0 Å². The minimum Gasteiger partial charge on any atom is -0.268 e. The molecule has 0 radical (unpaired) electrons. The minimum atomic E-state index is -3.69. The van der Waals surface area contributed by atoms with Crippen molar-refractivity contribution in [1.82, 2.24) is 9.78 Å². The van der Waals surface area contributed by atoms with Crippen molar-refractivity contribution in [3.63, 3.8) is 0 Å². The summed E-state index contributed by atoms with van der Waals surface area (Å²) in [6.07, 6.45) is 2.17. The Hall–Kier alpha value is -0.880. The Morgan fingerprint density at radius 1 is 1.28 bits per heavy atom. The van der Waals surface area contributed by atoms with Crippen LogP contribution in [-0.2, 0) is 29.4 Å². The van der Waals surface area contributed by atoms with Gasteiger partial charge in [0.2, 0.25) is 10.0 Å². The maximum atomic E-state index is 11.7. The molecule has 0 saturated carbocycles. The van der Waals surface area contributed by atoms with Gasteiger partial charge >= 0.3 is 0 Å². The van der Waals surface area contributed by atoms with Crippen molar-refractivity contribution in [2.24, 2.45) is 11.1 Å². The summed E-state index contributed by atoms with van der Waals surface area (Å²) in [5.74, 6) is 0.557. The van der Waals surface area contributed by atoms with Crippen molar-refractivity contribution in [1.29, 1.82) is 0 Å². The highest BCUT2D eigenvalue weighted by Gasteiger charge is 2.23. The molecule has 104 valence electrons. The van der Waals surface area contributed by atoms with Crippen molar-refractivity contribution in [2.75, 3.05) is 0 Å². The monoisotopic (exact) mass is 273 g/mol. The second-order valence-electron chi connectivity index (χ2n) is 4.88. The SMILES string of the molecule is CCc1nn(CCC(C)C)c(CC)c1S(N)(=O)=O. The molecule has 0 aliphatic carbocycles. The van der Waals surface area contributed by atoms with E-state index >= 15 is 0 Å². The molecule has 1 rings (SSSR count). The highest BCUT2D eigenvalue weighted by atomic mass is 32.2. The van der Waals surface area contributed by atoms with E-state index in [4.69, 9.17) is 5.14 Å². The molecule has 5 nitrogen and oxygen atoms in total. The van der Waals surface area contributed by atoms with Gasteiger partial charge in [-0.25, -0.2) is 13.6 Å². The summed E-state index contributed by atoms with van der Waals surface area (Å²) in [6.45, 7) is 8.83. The number of nitrogens with two attached hydrogens (primary N) is 1. The third kappa shape index (κ3) is 3.32. The quantitative estimate of drug-likeness (QED) is 0.857. The fourth-order valence-corrected chi connectivity index (χ4v) is 3.10. The predicted molar refractivity (Wildman–Crippen MR) is 71.8 cm³/mol. The molecule has 0 amide bonds. The van der Waals surface area contributed by atoms with Crippen LogP contribution in [0.3, 0.4) is 0 Å². The first-order valence-corrected chi connectivity index (χ1v) is 7.97. The zero-order valence-electron chi connectivity index (χ0n) is 11.6. The number of hydrogen-bond donors (Lipinski definition) is 1. The molecular formula is C12H23N3O2S. The number of rotatable bonds is 6. The van der Waals surface area contributed by atoms with E-state index in [-0.39, 0.29) is 4.90 Å². The molecule has 0 aliphatic rings. The summed E-state index contributed by atoms with van der Waals surface area (Å²) in [6, 6.07) is 0. The molecule has 0 fully saturated rings. The van der Waals surface area contributed by atoms with Crippen LogP contribution in [0.25, 0.3) is 0 Å². The Kier molecular flexibility index (Phi) is 4.92. The Bertz CT molecular complexity index is 504. The molecule has 1 heterocycles. The maximum absolute atomic E-state index is 11.7.